The van der Waals surface area contributed by atoms with Crippen LogP contribution in [-0.4, -0.2) is 22.9 Å². The van der Waals surface area contributed by atoms with Crippen LogP contribution in [0.3, 0.4) is 0 Å². The zero-order valence-electron chi connectivity index (χ0n) is 9.24. The molecule has 84 valence electrons. The summed E-state index contributed by atoms with van der Waals surface area (Å²) < 4.78 is 0. The van der Waals surface area contributed by atoms with E-state index in [1.165, 1.54) is 11.3 Å². The minimum atomic E-state index is 0.0500. The second kappa shape index (κ2) is 6.12. The Hall–Kier alpha value is -0.550. The maximum Gasteiger partial charge on any atom is 0.226 e. The number of amides is 1. The molecule has 1 amide bonds. The van der Waals surface area contributed by atoms with E-state index in [-0.39, 0.29) is 5.91 Å². The van der Waals surface area contributed by atoms with Gasteiger partial charge in [-0.15, -0.1) is 11.3 Å². The van der Waals surface area contributed by atoms with Crippen LogP contribution in [-0.2, 0) is 4.79 Å². The van der Waals surface area contributed by atoms with Gasteiger partial charge in [-0.3, -0.25) is 4.79 Å². The van der Waals surface area contributed by atoms with Crippen molar-refractivity contribution in [3.8, 4) is 0 Å². The molecule has 3 nitrogen and oxygen atoms in total. The third-order valence-electron chi connectivity index (χ3n) is 1.89. The highest BCUT2D eigenvalue weighted by molar-refractivity contribution is 7.98. The molecule has 5 heteroatoms. The largest absolute Gasteiger partial charge is 0.302 e. The Labute approximate surface area is 98.7 Å². The summed E-state index contributed by atoms with van der Waals surface area (Å²) >= 11 is 3.16. The van der Waals surface area contributed by atoms with Gasteiger partial charge < -0.3 is 5.32 Å². The molecule has 15 heavy (non-hydrogen) atoms. The Balaban J connectivity index is 2.46. The first-order chi connectivity index (χ1) is 7.13. The number of nitrogens with one attached hydrogen (secondary N) is 1. The third kappa shape index (κ3) is 4.22. The quantitative estimate of drug-likeness (QED) is 0.866. The Kier molecular flexibility index (Phi) is 5.11. The van der Waals surface area contributed by atoms with Crippen LogP contribution in [0, 0.1) is 0 Å². The molecular formula is C10H16N2OS2. The van der Waals surface area contributed by atoms with Crippen molar-refractivity contribution < 1.29 is 4.79 Å². The summed E-state index contributed by atoms with van der Waals surface area (Å²) in [6, 6.07) is 0. The number of thioether (sulfide) groups is 1. The van der Waals surface area contributed by atoms with Gasteiger partial charge in [0, 0.05) is 17.6 Å². The average molecular weight is 244 g/mol. The Morgan fingerprint density at radius 3 is 2.93 bits per heavy atom. The highest BCUT2D eigenvalue weighted by Gasteiger charge is 2.08. The molecule has 0 aliphatic heterocycles. The topological polar surface area (TPSA) is 42.0 Å². The number of thiazole rings is 1. The van der Waals surface area contributed by atoms with Crippen molar-refractivity contribution in [1.29, 1.82) is 0 Å². The summed E-state index contributed by atoms with van der Waals surface area (Å²) in [7, 11) is 0. The molecule has 0 atom stereocenters. The summed E-state index contributed by atoms with van der Waals surface area (Å²) in [6.45, 7) is 4.18. The highest BCUT2D eigenvalue weighted by atomic mass is 32.2. The lowest BCUT2D eigenvalue weighted by molar-refractivity contribution is -0.115. The molecular weight excluding hydrogens is 228 g/mol. The molecule has 0 saturated carbocycles. The molecule has 0 spiro atoms. The van der Waals surface area contributed by atoms with Crippen LogP contribution in [0.2, 0.25) is 0 Å². The van der Waals surface area contributed by atoms with Gasteiger partial charge in [-0.2, -0.15) is 11.8 Å². The minimum absolute atomic E-state index is 0.0500. The van der Waals surface area contributed by atoms with Crippen molar-refractivity contribution in [1.82, 2.24) is 4.98 Å². The lowest BCUT2D eigenvalue weighted by Crippen LogP contribution is -2.11. The highest BCUT2D eigenvalue weighted by Crippen LogP contribution is 2.21. The van der Waals surface area contributed by atoms with E-state index in [9.17, 15) is 4.79 Å². The smallest absolute Gasteiger partial charge is 0.226 e. The van der Waals surface area contributed by atoms with Gasteiger partial charge in [0.15, 0.2) is 5.13 Å². The molecule has 1 rings (SSSR count). The molecule has 1 N–H and O–H groups in total. The number of anilines is 1. The number of carbonyl (C=O) groups excluding carboxylic acids is 1. The van der Waals surface area contributed by atoms with Gasteiger partial charge in [0.1, 0.15) is 0 Å². The van der Waals surface area contributed by atoms with Crippen LogP contribution in [0.15, 0.2) is 5.38 Å². The Morgan fingerprint density at radius 1 is 1.67 bits per heavy atom. The van der Waals surface area contributed by atoms with Crippen molar-refractivity contribution in [2.45, 2.75) is 26.2 Å². The number of hydrogen-bond acceptors (Lipinski definition) is 4. The maximum atomic E-state index is 11.4. The van der Waals surface area contributed by atoms with Crippen LogP contribution < -0.4 is 5.32 Å². The molecule has 1 aromatic heterocycles. The number of rotatable bonds is 5. The lowest BCUT2D eigenvalue weighted by atomic mass is 10.2. The van der Waals surface area contributed by atoms with Gasteiger partial charge in [0.25, 0.3) is 0 Å². The van der Waals surface area contributed by atoms with E-state index in [1.54, 1.807) is 11.8 Å². The predicted molar refractivity (Wildman–Crippen MR) is 67.8 cm³/mol. The van der Waals surface area contributed by atoms with Crippen LogP contribution >= 0.6 is 23.1 Å². The molecule has 0 radical (unpaired) electrons. The van der Waals surface area contributed by atoms with Gasteiger partial charge >= 0.3 is 0 Å². The van der Waals surface area contributed by atoms with Crippen molar-refractivity contribution in [3.05, 3.63) is 11.1 Å². The summed E-state index contributed by atoms with van der Waals surface area (Å²) in [5.41, 5.74) is 1.04. The summed E-state index contributed by atoms with van der Waals surface area (Å²) in [5, 5.41) is 5.51. The number of hydrogen-bond donors (Lipinski definition) is 1. The number of nitrogens with zero attached hydrogens (tertiary/aromatic N) is 1. The van der Waals surface area contributed by atoms with E-state index in [4.69, 9.17) is 0 Å². The predicted octanol–water partition coefficient (Wildman–Crippen LogP) is 2.96. The first-order valence-corrected chi connectivity index (χ1v) is 7.15. The molecule has 0 aliphatic rings. The summed E-state index contributed by atoms with van der Waals surface area (Å²) in [6.07, 6.45) is 2.55. The normalized spacial score (nSPS) is 10.7. The zero-order chi connectivity index (χ0) is 11.3. The second-order valence-electron chi connectivity index (χ2n) is 3.52. The first kappa shape index (κ1) is 12.5. The fourth-order valence-electron chi connectivity index (χ4n) is 0.985. The average Bonchev–Trinajstić information content (AvgIpc) is 2.63. The van der Waals surface area contributed by atoms with E-state index in [0.29, 0.717) is 17.5 Å². The van der Waals surface area contributed by atoms with E-state index in [0.717, 1.165) is 11.4 Å². The van der Waals surface area contributed by atoms with Crippen molar-refractivity contribution in [3.63, 3.8) is 0 Å². The Morgan fingerprint density at radius 2 is 2.40 bits per heavy atom. The van der Waals surface area contributed by atoms with Crippen LogP contribution in [0.5, 0.6) is 0 Å². The van der Waals surface area contributed by atoms with E-state index in [2.05, 4.69) is 24.1 Å². The van der Waals surface area contributed by atoms with Crippen molar-refractivity contribution in [2.75, 3.05) is 17.3 Å². The van der Waals surface area contributed by atoms with Crippen LogP contribution in [0.4, 0.5) is 5.13 Å². The first-order valence-electron chi connectivity index (χ1n) is 4.87. The lowest BCUT2D eigenvalue weighted by Gasteiger charge is -2.00. The van der Waals surface area contributed by atoms with E-state index < -0.39 is 0 Å². The number of aromatic nitrogens is 1. The van der Waals surface area contributed by atoms with Crippen LogP contribution in [0.25, 0.3) is 0 Å². The fourth-order valence-corrected chi connectivity index (χ4v) is 2.26. The molecule has 0 unspecified atom stereocenters. The number of carbonyl (C=O) groups is 1. The third-order valence-corrected chi connectivity index (χ3v) is 3.28. The van der Waals surface area contributed by atoms with Crippen LogP contribution in [0.1, 0.15) is 31.9 Å². The van der Waals surface area contributed by atoms with Crippen molar-refractivity contribution in [2.24, 2.45) is 0 Å². The van der Waals surface area contributed by atoms with Gasteiger partial charge in [0.2, 0.25) is 5.91 Å². The van der Waals surface area contributed by atoms with Gasteiger partial charge in [-0.1, -0.05) is 13.8 Å². The molecule has 0 saturated heterocycles. The molecule has 0 aliphatic carbocycles. The molecule has 1 aromatic rings. The molecule has 0 aromatic carbocycles. The monoisotopic (exact) mass is 244 g/mol. The fraction of sp³-hybridized carbons (Fsp3) is 0.600. The Bertz CT molecular complexity index is 323. The zero-order valence-corrected chi connectivity index (χ0v) is 10.9. The minimum Gasteiger partial charge on any atom is -0.302 e. The van der Waals surface area contributed by atoms with Gasteiger partial charge in [-0.25, -0.2) is 4.98 Å². The van der Waals surface area contributed by atoms with E-state index >= 15 is 0 Å². The SMILES string of the molecule is CSCCC(=O)Nc1nc(C(C)C)cs1. The summed E-state index contributed by atoms with van der Waals surface area (Å²) in [5.74, 6) is 1.32. The van der Waals surface area contributed by atoms with Gasteiger partial charge in [-0.05, 0) is 12.2 Å². The molecule has 0 bridgehead atoms. The maximum absolute atomic E-state index is 11.4. The summed E-state index contributed by atoms with van der Waals surface area (Å²) in [4.78, 5) is 15.7. The second-order valence-corrected chi connectivity index (χ2v) is 5.37. The molecule has 1 heterocycles. The molecule has 0 fully saturated rings. The standard InChI is InChI=1S/C10H16N2OS2/c1-7(2)8-6-15-10(11-8)12-9(13)4-5-14-3/h6-7H,4-5H2,1-3H3,(H,11,12,13). The van der Waals surface area contributed by atoms with E-state index in [1.807, 2.05) is 11.6 Å². The van der Waals surface area contributed by atoms with Crippen molar-refractivity contribution >= 4 is 34.1 Å². The van der Waals surface area contributed by atoms with Gasteiger partial charge in [0.05, 0.1) is 5.69 Å².